The minimum atomic E-state index is 0.650. The van der Waals surface area contributed by atoms with Crippen LogP contribution in [0.5, 0.6) is 5.75 Å². The lowest BCUT2D eigenvalue weighted by molar-refractivity contribution is 0.113. The van der Waals surface area contributed by atoms with Gasteiger partial charge in [-0.05, 0) is 43.0 Å². The first-order chi connectivity index (χ1) is 9.83. The van der Waals surface area contributed by atoms with Gasteiger partial charge in [0.1, 0.15) is 5.75 Å². The van der Waals surface area contributed by atoms with Gasteiger partial charge in [0, 0.05) is 18.7 Å². The van der Waals surface area contributed by atoms with Crippen LogP contribution in [-0.4, -0.2) is 20.3 Å². The van der Waals surface area contributed by atoms with E-state index in [2.05, 4.69) is 24.4 Å². The molecule has 0 saturated heterocycles. The fourth-order valence-electron chi connectivity index (χ4n) is 2.30. The van der Waals surface area contributed by atoms with Gasteiger partial charge in [0.25, 0.3) is 0 Å². The molecule has 0 aliphatic heterocycles. The molecule has 20 heavy (non-hydrogen) atoms. The molecule has 1 saturated carbocycles. The van der Waals surface area contributed by atoms with Crippen molar-refractivity contribution < 1.29 is 9.47 Å². The standard InChI is InChI=1S/C17H27NO2/c1-3-9-18-12-15-6-7-17(19-2)16(11-15)13-20-10-8-14-4-5-14/h6-7,11,14,18H,3-5,8-10,12-13H2,1-2H3. The Balaban J connectivity index is 1.83. The number of rotatable bonds is 10. The van der Waals surface area contributed by atoms with Crippen molar-refractivity contribution in [2.75, 3.05) is 20.3 Å². The molecule has 0 atom stereocenters. The van der Waals surface area contributed by atoms with E-state index in [0.29, 0.717) is 6.61 Å². The molecule has 0 spiro atoms. The van der Waals surface area contributed by atoms with E-state index >= 15 is 0 Å². The molecule has 1 aromatic rings. The summed E-state index contributed by atoms with van der Waals surface area (Å²) in [4.78, 5) is 0. The van der Waals surface area contributed by atoms with E-state index in [1.165, 1.54) is 24.8 Å². The third-order valence-corrected chi connectivity index (χ3v) is 3.73. The number of benzene rings is 1. The van der Waals surface area contributed by atoms with Gasteiger partial charge in [-0.3, -0.25) is 0 Å². The zero-order valence-corrected chi connectivity index (χ0v) is 12.8. The summed E-state index contributed by atoms with van der Waals surface area (Å²) in [6.45, 7) is 5.66. The highest BCUT2D eigenvalue weighted by atomic mass is 16.5. The molecule has 0 unspecified atom stereocenters. The van der Waals surface area contributed by atoms with Gasteiger partial charge >= 0.3 is 0 Å². The first-order valence-electron chi connectivity index (χ1n) is 7.77. The SMILES string of the molecule is CCCNCc1ccc(OC)c(COCCC2CC2)c1. The van der Waals surface area contributed by atoms with Crippen molar-refractivity contribution in [2.45, 2.75) is 45.8 Å². The Labute approximate surface area is 122 Å². The molecule has 0 radical (unpaired) electrons. The van der Waals surface area contributed by atoms with Crippen molar-refractivity contribution in [3.8, 4) is 5.75 Å². The van der Waals surface area contributed by atoms with Crippen LogP contribution in [0.15, 0.2) is 18.2 Å². The molecule has 0 amide bonds. The summed E-state index contributed by atoms with van der Waals surface area (Å²) in [6.07, 6.45) is 5.16. The summed E-state index contributed by atoms with van der Waals surface area (Å²) in [5.74, 6) is 1.86. The van der Waals surface area contributed by atoms with Crippen LogP contribution in [0.4, 0.5) is 0 Å². The topological polar surface area (TPSA) is 30.5 Å². The first kappa shape index (κ1) is 15.3. The lowest BCUT2D eigenvalue weighted by atomic mass is 10.1. The van der Waals surface area contributed by atoms with Crippen molar-refractivity contribution >= 4 is 0 Å². The van der Waals surface area contributed by atoms with Gasteiger partial charge in [-0.15, -0.1) is 0 Å². The van der Waals surface area contributed by atoms with E-state index in [1.807, 2.05) is 6.07 Å². The first-order valence-corrected chi connectivity index (χ1v) is 7.77. The number of hydrogen-bond donors (Lipinski definition) is 1. The second kappa shape index (κ2) is 8.28. The minimum absolute atomic E-state index is 0.650. The molecule has 112 valence electrons. The van der Waals surface area contributed by atoms with Crippen LogP contribution in [0.1, 0.15) is 43.7 Å². The lowest BCUT2D eigenvalue weighted by Gasteiger charge is -2.12. The quantitative estimate of drug-likeness (QED) is 0.664. The molecule has 1 aliphatic carbocycles. The predicted octanol–water partition coefficient (Wildman–Crippen LogP) is 3.51. The van der Waals surface area contributed by atoms with E-state index in [-0.39, 0.29) is 0 Å². The normalized spacial score (nSPS) is 14.5. The summed E-state index contributed by atoms with van der Waals surface area (Å²) in [5.41, 5.74) is 2.44. The van der Waals surface area contributed by atoms with Crippen LogP contribution < -0.4 is 10.1 Å². The maximum Gasteiger partial charge on any atom is 0.124 e. The molecule has 2 rings (SSSR count). The summed E-state index contributed by atoms with van der Waals surface area (Å²) < 4.78 is 11.2. The van der Waals surface area contributed by atoms with Gasteiger partial charge < -0.3 is 14.8 Å². The van der Waals surface area contributed by atoms with Crippen molar-refractivity contribution in [3.63, 3.8) is 0 Å². The molecule has 3 heteroatoms. The highest BCUT2D eigenvalue weighted by molar-refractivity contribution is 5.36. The maximum absolute atomic E-state index is 5.79. The molecule has 1 aliphatic rings. The molecule has 0 aromatic heterocycles. The van der Waals surface area contributed by atoms with Crippen LogP contribution in [0.2, 0.25) is 0 Å². The van der Waals surface area contributed by atoms with Crippen molar-refractivity contribution in [2.24, 2.45) is 5.92 Å². The molecule has 0 heterocycles. The van der Waals surface area contributed by atoms with E-state index in [1.54, 1.807) is 7.11 Å². The average molecular weight is 277 g/mol. The van der Waals surface area contributed by atoms with E-state index < -0.39 is 0 Å². The summed E-state index contributed by atoms with van der Waals surface area (Å²) in [7, 11) is 1.72. The molecular weight excluding hydrogens is 250 g/mol. The van der Waals surface area contributed by atoms with Gasteiger partial charge in [-0.1, -0.05) is 25.8 Å². The summed E-state index contributed by atoms with van der Waals surface area (Å²) in [6, 6.07) is 6.36. The Morgan fingerprint density at radius 1 is 1.30 bits per heavy atom. The smallest absolute Gasteiger partial charge is 0.124 e. The van der Waals surface area contributed by atoms with Crippen molar-refractivity contribution in [1.29, 1.82) is 0 Å². The van der Waals surface area contributed by atoms with E-state index in [9.17, 15) is 0 Å². The highest BCUT2D eigenvalue weighted by Gasteiger charge is 2.20. The molecule has 3 nitrogen and oxygen atoms in total. The van der Waals surface area contributed by atoms with Crippen molar-refractivity contribution in [1.82, 2.24) is 5.32 Å². The van der Waals surface area contributed by atoms with Crippen LogP contribution in [0.25, 0.3) is 0 Å². The van der Waals surface area contributed by atoms with Gasteiger partial charge in [0.15, 0.2) is 0 Å². The maximum atomic E-state index is 5.79. The second-order valence-corrected chi connectivity index (χ2v) is 5.61. The summed E-state index contributed by atoms with van der Waals surface area (Å²) >= 11 is 0. The molecule has 0 bridgehead atoms. The average Bonchev–Trinajstić information content (AvgIpc) is 3.28. The number of nitrogens with one attached hydrogen (secondary N) is 1. The largest absolute Gasteiger partial charge is 0.496 e. The van der Waals surface area contributed by atoms with Crippen LogP contribution in [0, 0.1) is 5.92 Å². The summed E-state index contributed by atoms with van der Waals surface area (Å²) in [5, 5.41) is 3.42. The number of hydrogen-bond acceptors (Lipinski definition) is 3. The molecular formula is C17H27NO2. The van der Waals surface area contributed by atoms with Gasteiger partial charge in [0.2, 0.25) is 0 Å². The lowest BCUT2D eigenvalue weighted by Crippen LogP contribution is -2.14. The predicted molar refractivity (Wildman–Crippen MR) is 82.0 cm³/mol. The Morgan fingerprint density at radius 3 is 2.85 bits per heavy atom. The van der Waals surface area contributed by atoms with Crippen LogP contribution >= 0.6 is 0 Å². The third-order valence-electron chi connectivity index (χ3n) is 3.73. The third kappa shape index (κ3) is 5.14. The van der Waals surface area contributed by atoms with Gasteiger partial charge in [-0.2, -0.15) is 0 Å². The fraction of sp³-hybridized carbons (Fsp3) is 0.647. The Hall–Kier alpha value is -1.06. The second-order valence-electron chi connectivity index (χ2n) is 5.61. The molecule has 1 aromatic carbocycles. The number of methoxy groups -OCH3 is 1. The van der Waals surface area contributed by atoms with Crippen molar-refractivity contribution in [3.05, 3.63) is 29.3 Å². The van der Waals surface area contributed by atoms with Crippen LogP contribution in [-0.2, 0) is 17.9 Å². The van der Waals surface area contributed by atoms with Gasteiger partial charge in [0.05, 0.1) is 13.7 Å². The van der Waals surface area contributed by atoms with Gasteiger partial charge in [-0.25, -0.2) is 0 Å². The Bertz CT molecular complexity index is 402. The van der Waals surface area contributed by atoms with Crippen LogP contribution in [0.3, 0.4) is 0 Å². The monoisotopic (exact) mass is 277 g/mol. The Kier molecular flexibility index (Phi) is 6.34. The highest BCUT2D eigenvalue weighted by Crippen LogP contribution is 2.32. The fourth-order valence-corrected chi connectivity index (χ4v) is 2.30. The zero-order chi connectivity index (χ0) is 14.2. The number of ether oxygens (including phenoxy) is 2. The van der Waals surface area contributed by atoms with E-state index in [4.69, 9.17) is 9.47 Å². The minimum Gasteiger partial charge on any atom is -0.496 e. The molecule has 1 N–H and O–H groups in total. The molecule has 1 fully saturated rings. The zero-order valence-electron chi connectivity index (χ0n) is 12.8. The Morgan fingerprint density at radius 2 is 2.15 bits per heavy atom. The van der Waals surface area contributed by atoms with E-state index in [0.717, 1.165) is 43.3 Å².